The average Bonchev–Trinajstić information content (AvgIpc) is 2.71. The van der Waals surface area contributed by atoms with Crippen molar-refractivity contribution in [1.29, 1.82) is 0 Å². The minimum Gasteiger partial charge on any atom is -0.486 e. The van der Waals surface area contributed by atoms with E-state index in [-0.39, 0.29) is 11.6 Å². The van der Waals surface area contributed by atoms with Gasteiger partial charge in [-0.05, 0) is 30.9 Å². The van der Waals surface area contributed by atoms with Crippen molar-refractivity contribution in [2.75, 3.05) is 36.6 Å². The first-order valence-corrected chi connectivity index (χ1v) is 10.0. The predicted molar refractivity (Wildman–Crippen MR) is 109 cm³/mol. The van der Waals surface area contributed by atoms with Crippen molar-refractivity contribution in [3.8, 4) is 11.5 Å². The Morgan fingerprint density at radius 1 is 1.18 bits per heavy atom. The maximum absolute atomic E-state index is 12.3. The van der Waals surface area contributed by atoms with Crippen molar-refractivity contribution in [3.05, 3.63) is 46.5 Å². The lowest BCUT2D eigenvalue weighted by molar-refractivity contribution is -0.384. The number of ether oxygens (including phenoxy) is 2. The van der Waals surface area contributed by atoms with Gasteiger partial charge in [-0.15, -0.1) is 11.8 Å². The first-order chi connectivity index (χ1) is 13.6. The van der Waals surface area contributed by atoms with Crippen LogP contribution in [0, 0.1) is 10.1 Å². The normalized spacial score (nSPS) is 12.3. The summed E-state index contributed by atoms with van der Waals surface area (Å²) >= 11 is 1.53. The second-order valence-electron chi connectivity index (χ2n) is 6.08. The molecule has 0 radical (unpaired) electrons. The quantitative estimate of drug-likeness (QED) is 0.298. The van der Waals surface area contributed by atoms with Crippen LogP contribution >= 0.6 is 11.8 Å². The molecule has 1 heterocycles. The molecule has 3 rings (SSSR count). The van der Waals surface area contributed by atoms with Crippen molar-refractivity contribution in [1.82, 2.24) is 0 Å². The number of carbonyl (C=O) groups is 1. The number of nitro benzene ring substituents is 1. The number of hydrogen-bond donors (Lipinski definition) is 2. The Bertz CT molecular complexity index is 857. The van der Waals surface area contributed by atoms with Gasteiger partial charge in [0.25, 0.3) is 5.69 Å². The molecule has 0 unspecified atom stereocenters. The third-order valence-electron chi connectivity index (χ3n) is 4.13. The van der Waals surface area contributed by atoms with E-state index >= 15 is 0 Å². The molecule has 148 valence electrons. The van der Waals surface area contributed by atoms with E-state index in [9.17, 15) is 14.9 Å². The van der Waals surface area contributed by atoms with Gasteiger partial charge in [-0.3, -0.25) is 14.9 Å². The van der Waals surface area contributed by atoms with E-state index in [1.165, 1.54) is 23.9 Å². The standard InChI is InChI=1S/C19H21N3O5S/c1-28-18-12-17-16(26-9-10-27-17)11-15(18)21-19(23)3-2-8-20-13-4-6-14(7-5-13)22(24)25/h4-7,11-12,20H,2-3,8-10H2,1H3,(H,21,23). The van der Waals surface area contributed by atoms with Crippen LogP contribution in [0.5, 0.6) is 11.5 Å². The van der Waals surface area contributed by atoms with Crippen molar-refractivity contribution in [3.63, 3.8) is 0 Å². The molecule has 8 nitrogen and oxygen atoms in total. The fourth-order valence-electron chi connectivity index (χ4n) is 2.73. The van der Waals surface area contributed by atoms with E-state index in [0.29, 0.717) is 49.8 Å². The Kier molecular flexibility index (Phi) is 6.59. The lowest BCUT2D eigenvalue weighted by Gasteiger charge is -2.21. The molecule has 2 aromatic rings. The smallest absolute Gasteiger partial charge is 0.269 e. The highest BCUT2D eigenvalue weighted by Crippen LogP contribution is 2.39. The number of fused-ring (bicyclic) bond motifs is 1. The molecule has 0 saturated heterocycles. The maximum atomic E-state index is 12.3. The van der Waals surface area contributed by atoms with Crippen LogP contribution < -0.4 is 20.1 Å². The first-order valence-electron chi connectivity index (χ1n) is 8.82. The monoisotopic (exact) mass is 403 g/mol. The highest BCUT2D eigenvalue weighted by atomic mass is 32.2. The number of nitro groups is 1. The molecule has 9 heteroatoms. The molecule has 0 spiro atoms. The van der Waals surface area contributed by atoms with Crippen LogP contribution in [-0.2, 0) is 4.79 Å². The Morgan fingerprint density at radius 3 is 2.50 bits per heavy atom. The highest BCUT2D eigenvalue weighted by Gasteiger charge is 2.16. The number of thioether (sulfide) groups is 1. The number of nitrogens with zero attached hydrogens (tertiary/aromatic N) is 1. The Labute approximate surface area is 166 Å². The van der Waals surface area contributed by atoms with E-state index in [1.54, 1.807) is 18.2 Å². The summed E-state index contributed by atoms with van der Waals surface area (Å²) in [6, 6.07) is 9.87. The number of rotatable bonds is 8. The second kappa shape index (κ2) is 9.32. The van der Waals surface area contributed by atoms with E-state index in [4.69, 9.17) is 9.47 Å². The summed E-state index contributed by atoms with van der Waals surface area (Å²) in [5, 5.41) is 16.7. The van der Waals surface area contributed by atoms with E-state index in [0.717, 1.165) is 10.6 Å². The van der Waals surface area contributed by atoms with Gasteiger partial charge in [-0.2, -0.15) is 0 Å². The highest BCUT2D eigenvalue weighted by molar-refractivity contribution is 7.98. The number of benzene rings is 2. The minimum absolute atomic E-state index is 0.0500. The van der Waals surface area contributed by atoms with Gasteiger partial charge in [0, 0.05) is 41.7 Å². The molecule has 0 atom stereocenters. The van der Waals surface area contributed by atoms with Crippen molar-refractivity contribution < 1.29 is 19.2 Å². The largest absolute Gasteiger partial charge is 0.486 e. The van der Waals surface area contributed by atoms with Crippen LogP contribution in [0.4, 0.5) is 17.1 Å². The molecule has 1 aliphatic heterocycles. The number of amides is 1. The molecular formula is C19H21N3O5S. The predicted octanol–water partition coefficient (Wildman–Crippen LogP) is 3.92. The molecule has 0 fully saturated rings. The van der Waals surface area contributed by atoms with E-state index in [1.807, 2.05) is 12.3 Å². The fourth-order valence-corrected chi connectivity index (χ4v) is 3.29. The van der Waals surface area contributed by atoms with Gasteiger partial charge in [0.15, 0.2) is 11.5 Å². The molecule has 0 bridgehead atoms. The van der Waals surface area contributed by atoms with Gasteiger partial charge in [-0.1, -0.05) is 0 Å². The summed E-state index contributed by atoms with van der Waals surface area (Å²) in [5.74, 6) is 1.25. The van der Waals surface area contributed by atoms with Crippen LogP contribution in [0.1, 0.15) is 12.8 Å². The Hall–Kier alpha value is -2.94. The molecule has 2 N–H and O–H groups in total. The summed E-state index contributed by atoms with van der Waals surface area (Å²) in [4.78, 5) is 23.4. The van der Waals surface area contributed by atoms with Gasteiger partial charge in [0.05, 0.1) is 10.6 Å². The van der Waals surface area contributed by atoms with Gasteiger partial charge < -0.3 is 20.1 Å². The lowest BCUT2D eigenvalue weighted by atomic mass is 10.2. The number of nitrogens with one attached hydrogen (secondary N) is 2. The van der Waals surface area contributed by atoms with Gasteiger partial charge in [0.2, 0.25) is 5.91 Å². The van der Waals surface area contributed by atoms with Crippen molar-refractivity contribution >= 4 is 34.7 Å². The second-order valence-corrected chi connectivity index (χ2v) is 6.93. The number of anilines is 2. The van der Waals surface area contributed by atoms with Gasteiger partial charge in [0.1, 0.15) is 13.2 Å². The SMILES string of the molecule is CSc1cc2c(cc1NC(=O)CCCNc1ccc([N+](=O)[O-])cc1)OCCO2. The molecule has 0 saturated carbocycles. The first kappa shape index (κ1) is 19.8. The summed E-state index contributed by atoms with van der Waals surface area (Å²) in [5.41, 5.74) is 1.54. The third kappa shape index (κ3) is 5.07. The van der Waals surface area contributed by atoms with E-state index < -0.39 is 4.92 Å². The molecule has 28 heavy (non-hydrogen) atoms. The molecule has 1 aliphatic rings. The van der Waals surface area contributed by atoms with Crippen LogP contribution in [0.3, 0.4) is 0 Å². The lowest BCUT2D eigenvalue weighted by Crippen LogP contribution is -2.17. The number of non-ortho nitro benzene ring substituents is 1. The van der Waals surface area contributed by atoms with Gasteiger partial charge >= 0.3 is 0 Å². The van der Waals surface area contributed by atoms with Crippen LogP contribution in [0.25, 0.3) is 0 Å². The number of hydrogen-bond acceptors (Lipinski definition) is 7. The number of carbonyl (C=O) groups excluding carboxylic acids is 1. The van der Waals surface area contributed by atoms with Crippen LogP contribution in [-0.4, -0.2) is 36.8 Å². The molecule has 2 aromatic carbocycles. The Balaban J connectivity index is 1.48. The zero-order valence-corrected chi connectivity index (χ0v) is 16.2. The van der Waals surface area contributed by atoms with Crippen LogP contribution in [0.2, 0.25) is 0 Å². The minimum atomic E-state index is -0.436. The molecule has 1 amide bonds. The average molecular weight is 403 g/mol. The summed E-state index contributed by atoms with van der Waals surface area (Å²) in [6.07, 6.45) is 2.92. The topological polar surface area (TPSA) is 103 Å². The third-order valence-corrected chi connectivity index (χ3v) is 4.90. The summed E-state index contributed by atoms with van der Waals surface area (Å²) in [7, 11) is 0. The van der Waals surface area contributed by atoms with Crippen molar-refractivity contribution in [2.45, 2.75) is 17.7 Å². The summed E-state index contributed by atoms with van der Waals surface area (Å²) < 4.78 is 11.1. The fraction of sp³-hybridized carbons (Fsp3) is 0.316. The zero-order chi connectivity index (χ0) is 19.9. The molecule has 0 aromatic heterocycles. The van der Waals surface area contributed by atoms with Gasteiger partial charge in [-0.25, -0.2) is 0 Å². The zero-order valence-electron chi connectivity index (χ0n) is 15.4. The molecule has 0 aliphatic carbocycles. The maximum Gasteiger partial charge on any atom is 0.269 e. The summed E-state index contributed by atoms with van der Waals surface area (Å²) in [6.45, 7) is 1.60. The Morgan fingerprint density at radius 2 is 1.86 bits per heavy atom. The van der Waals surface area contributed by atoms with Crippen LogP contribution in [0.15, 0.2) is 41.3 Å². The molecular weight excluding hydrogens is 382 g/mol. The van der Waals surface area contributed by atoms with E-state index in [2.05, 4.69) is 10.6 Å². The van der Waals surface area contributed by atoms with Crippen molar-refractivity contribution in [2.24, 2.45) is 0 Å².